The monoisotopic (exact) mass is 290 g/mol. The number of hydrogen-bond acceptors (Lipinski definition) is 2. The summed E-state index contributed by atoms with van der Waals surface area (Å²) < 4.78 is 1.06. The van der Waals surface area contributed by atoms with E-state index in [0.717, 1.165) is 35.6 Å². The van der Waals surface area contributed by atoms with Crippen molar-refractivity contribution in [2.45, 2.75) is 13.0 Å². The van der Waals surface area contributed by atoms with Crippen LogP contribution in [-0.2, 0) is 6.54 Å². The second-order valence-electron chi connectivity index (χ2n) is 3.62. The Balaban J connectivity index is 2.56. The first-order chi connectivity index (χ1) is 7.13. The fraction of sp³-hybridized carbons (Fsp3) is 0.455. The van der Waals surface area contributed by atoms with E-state index in [1.165, 1.54) is 5.56 Å². The van der Waals surface area contributed by atoms with Gasteiger partial charge in [-0.2, -0.15) is 0 Å². The summed E-state index contributed by atoms with van der Waals surface area (Å²) in [6, 6.07) is 5.89. The molecule has 2 nitrogen and oxygen atoms in total. The van der Waals surface area contributed by atoms with E-state index >= 15 is 0 Å². The van der Waals surface area contributed by atoms with Gasteiger partial charge in [-0.3, -0.25) is 0 Å². The Morgan fingerprint density at radius 2 is 2.20 bits per heavy atom. The molecule has 0 radical (unpaired) electrons. The van der Waals surface area contributed by atoms with Crippen molar-refractivity contribution in [1.82, 2.24) is 4.90 Å². The zero-order valence-corrected chi connectivity index (χ0v) is 11.2. The Kier molecular flexibility index (Phi) is 5.61. The van der Waals surface area contributed by atoms with Gasteiger partial charge in [0.1, 0.15) is 0 Å². The molecule has 4 heteroatoms. The van der Waals surface area contributed by atoms with Crippen molar-refractivity contribution in [2.24, 2.45) is 5.73 Å². The van der Waals surface area contributed by atoms with Gasteiger partial charge < -0.3 is 10.6 Å². The van der Waals surface area contributed by atoms with Gasteiger partial charge >= 0.3 is 0 Å². The molecule has 0 amide bonds. The van der Waals surface area contributed by atoms with Gasteiger partial charge in [0.15, 0.2) is 0 Å². The summed E-state index contributed by atoms with van der Waals surface area (Å²) in [5, 5.41) is 0.759. The minimum atomic E-state index is 0.742. The van der Waals surface area contributed by atoms with Crippen LogP contribution in [0.1, 0.15) is 12.0 Å². The highest BCUT2D eigenvalue weighted by Crippen LogP contribution is 2.22. The van der Waals surface area contributed by atoms with Gasteiger partial charge in [-0.1, -0.05) is 33.6 Å². The Labute approximate surface area is 105 Å². The third-order valence-corrected chi connectivity index (χ3v) is 3.17. The predicted molar refractivity (Wildman–Crippen MR) is 69.2 cm³/mol. The van der Waals surface area contributed by atoms with Crippen LogP contribution >= 0.6 is 27.5 Å². The maximum Gasteiger partial charge on any atom is 0.0417 e. The highest BCUT2D eigenvalue weighted by molar-refractivity contribution is 9.10. The van der Waals surface area contributed by atoms with Crippen LogP contribution in [0.5, 0.6) is 0 Å². The van der Waals surface area contributed by atoms with E-state index in [9.17, 15) is 0 Å². The SMILES string of the molecule is CN(CCCN)Cc1ccc(Cl)cc1Br. The lowest BCUT2D eigenvalue weighted by Crippen LogP contribution is -2.21. The van der Waals surface area contributed by atoms with Crippen LogP contribution in [0, 0.1) is 0 Å². The Bertz CT molecular complexity index is 317. The van der Waals surface area contributed by atoms with E-state index in [0.29, 0.717) is 0 Å². The van der Waals surface area contributed by atoms with Crippen molar-refractivity contribution in [3.8, 4) is 0 Å². The molecule has 1 rings (SSSR count). The normalized spacial score (nSPS) is 11.0. The number of rotatable bonds is 5. The molecule has 84 valence electrons. The number of hydrogen-bond donors (Lipinski definition) is 1. The topological polar surface area (TPSA) is 29.3 Å². The highest BCUT2D eigenvalue weighted by Gasteiger charge is 2.04. The molecule has 0 atom stereocenters. The van der Waals surface area contributed by atoms with E-state index in [-0.39, 0.29) is 0 Å². The number of nitrogens with zero attached hydrogens (tertiary/aromatic N) is 1. The van der Waals surface area contributed by atoms with Crippen LogP contribution in [0.25, 0.3) is 0 Å². The van der Waals surface area contributed by atoms with Crippen LogP contribution in [0.15, 0.2) is 22.7 Å². The average Bonchev–Trinajstić information content (AvgIpc) is 2.19. The second-order valence-corrected chi connectivity index (χ2v) is 4.91. The van der Waals surface area contributed by atoms with Crippen molar-refractivity contribution in [1.29, 1.82) is 0 Å². The van der Waals surface area contributed by atoms with Crippen molar-refractivity contribution in [3.05, 3.63) is 33.3 Å². The molecule has 0 aliphatic carbocycles. The molecule has 0 saturated heterocycles. The van der Waals surface area contributed by atoms with Gasteiger partial charge in [0.05, 0.1) is 0 Å². The summed E-state index contributed by atoms with van der Waals surface area (Å²) in [7, 11) is 2.09. The number of halogens is 2. The fourth-order valence-electron chi connectivity index (χ4n) is 1.38. The lowest BCUT2D eigenvalue weighted by molar-refractivity contribution is 0.323. The summed E-state index contributed by atoms with van der Waals surface area (Å²) >= 11 is 9.38. The minimum absolute atomic E-state index is 0.742. The van der Waals surface area contributed by atoms with Gasteiger partial charge in [0, 0.05) is 16.0 Å². The highest BCUT2D eigenvalue weighted by atomic mass is 79.9. The largest absolute Gasteiger partial charge is 0.330 e. The molecule has 0 aliphatic rings. The molecule has 0 fully saturated rings. The van der Waals surface area contributed by atoms with Gasteiger partial charge in [0.2, 0.25) is 0 Å². The number of nitrogens with two attached hydrogens (primary N) is 1. The molecule has 0 aromatic heterocycles. The van der Waals surface area contributed by atoms with Gasteiger partial charge in [-0.05, 0) is 44.3 Å². The minimum Gasteiger partial charge on any atom is -0.330 e. The first kappa shape index (κ1) is 13.0. The van der Waals surface area contributed by atoms with E-state index in [1.807, 2.05) is 18.2 Å². The maximum absolute atomic E-state index is 5.88. The van der Waals surface area contributed by atoms with E-state index in [4.69, 9.17) is 17.3 Å². The number of benzene rings is 1. The predicted octanol–water partition coefficient (Wildman–Crippen LogP) is 2.88. The zero-order valence-electron chi connectivity index (χ0n) is 8.84. The standard InChI is InChI=1S/C11H16BrClN2/c1-15(6-2-5-14)8-9-3-4-10(13)7-11(9)12/h3-4,7H,2,5-6,8,14H2,1H3. The first-order valence-electron chi connectivity index (χ1n) is 4.96. The van der Waals surface area contributed by atoms with Crippen LogP contribution in [0.3, 0.4) is 0 Å². The third kappa shape index (κ3) is 4.51. The molecule has 0 unspecified atom stereocenters. The average molecular weight is 292 g/mol. The molecular weight excluding hydrogens is 275 g/mol. The van der Waals surface area contributed by atoms with Crippen molar-refractivity contribution in [3.63, 3.8) is 0 Å². The third-order valence-electron chi connectivity index (χ3n) is 2.20. The summed E-state index contributed by atoms with van der Waals surface area (Å²) in [4.78, 5) is 2.25. The maximum atomic E-state index is 5.88. The van der Waals surface area contributed by atoms with Gasteiger partial charge in [-0.15, -0.1) is 0 Å². The smallest absolute Gasteiger partial charge is 0.0417 e. The Morgan fingerprint density at radius 3 is 2.80 bits per heavy atom. The fourth-order valence-corrected chi connectivity index (χ4v) is 2.19. The molecular formula is C11H16BrClN2. The lowest BCUT2D eigenvalue weighted by Gasteiger charge is -2.17. The van der Waals surface area contributed by atoms with Crippen LogP contribution in [-0.4, -0.2) is 25.0 Å². The molecule has 15 heavy (non-hydrogen) atoms. The summed E-state index contributed by atoms with van der Waals surface area (Å²) in [6.07, 6.45) is 1.03. The second kappa shape index (κ2) is 6.48. The Morgan fingerprint density at radius 1 is 1.47 bits per heavy atom. The summed E-state index contributed by atoms with van der Waals surface area (Å²) in [5.41, 5.74) is 6.72. The van der Waals surface area contributed by atoms with Gasteiger partial charge in [0.25, 0.3) is 0 Å². The lowest BCUT2D eigenvalue weighted by atomic mass is 10.2. The summed E-state index contributed by atoms with van der Waals surface area (Å²) in [5.74, 6) is 0. The molecule has 1 aromatic carbocycles. The quantitative estimate of drug-likeness (QED) is 0.904. The molecule has 2 N–H and O–H groups in total. The van der Waals surface area contributed by atoms with E-state index in [1.54, 1.807) is 0 Å². The summed E-state index contributed by atoms with van der Waals surface area (Å²) in [6.45, 7) is 2.68. The van der Waals surface area contributed by atoms with E-state index in [2.05, 4.69) is 27.9 Å². The van der Waals surface area contributed by atoms with Crippen molar-refractivity contribution < 1.29 is 0 Å². The molecule has 0 bridgehead atoms. The zero-order chi connectivity index (χ0) is 11.3. The van der Waals surface area contributed by atoms with Crippen molar-refractivity contribution in [2.75, 3.05) is 20.1 Å². The van der Waals surface area contributed by atoms with Crippen LogP contribution in [0.4, 0.5) is 0 Å². The first-order valence-corrected chi connectivity index (χ1v) is 6.13. The van der Waals surface area contributed by atoms with Crippen LogP contribution < -0.4 is 5.73 Å². The molecule has 0 saturated carbocycles. The van der Waals surface area contributed by atoms with Crippen molar-refractivity contribution >= 4 is 27.5 Å². The molecule has 0 spiro atoms. The van der Waals surface area contributed by atoms with Crippen LogP contribution in [0.2, 0.25) is 5.02 Å². The molecule has 0 heterocycles. The Hall–Kier alpha value is -0.0900. The molecule has 1 aromatic rings. The van der Waals surface area contributed by atoms with E-state index < -0.39 is 0 Å². The van der Waals surface area contributed by atoms with Gasteiger partial charge in [-0.25, -0.2) is 0 Å². The molecule has 0 aliphatic heterocycles.